The molecular formula is C11H13N3O4S. The van der Waals surface area contributed by atoms with Crippen molar-refractivity contribution in [2.45, 2.75) is 24.6 Å². The molecule has 102 valence electrons. The standard InChI is InChI=1S/C11H13N3O4S/c12-8-5-3-4-18-10(5)9(8)13-11(15)6-1-2-7(19-6)14(16)17/h1-2,5,8-10H,3-4,12H2,(H,13,15). The summed E-state index contributed by atoms with van der Waals surface area (Å²) in [5.74, 6) is -0.00419. The molecule has 1 aromatic heterocycles. The first-order chi connectivity index (χ1) is 9.08. The summed E-state index contributed by atoms with van der Waals surface area (Å²) in [6.07, 6.45) is 0.928. The lowest BCUT2D eigenvalue weighted by atomic mass is 9.72. The number of hydrogen-bond donors (Lipinski definition) is 2. The Kier molecular flexibility index (Phi) is 3.00. The first-order valence-electron chi connectivity index (χ1n) is 6.00. The van der Waals surface area contributed by atoms with Crippen molar-refractivity contribution >= 4 is 22.2 Å². The molecule has 0 radical (unpaired) electrons. The first-order valence-corrected chi connectivity index (χ1v) is 6.82. The Hall–Kier alpha value is -1.51. The predicted octanol–water partition coefficient (Wildman–Crippen LogP) is 0.501. The summed E-state index contributed by atoms with van der Waals surface area (Å²) in [4.78, 5) is 22.4. The summed E-state index contributed by atoms with van der Waals surface area (Å²) in [5, 5.41) is 13.3. The van der Waals surface area contributed by atoms with Crippen LogP contribution < -0.4 is 11.1 Å². The molecule has 1 amide bonds. The number of nitrogens with two attached hydrogens (primary N) is 1. The third-order valence-electron chi connectivity index (χ3n) is 3.74. The van der Waals surface area contributed by atoms with Crippen LogP contribution in [0.2, 0.25) is 0 Å². The van der Waals surface area contributed by atoms with Crippen molar-refractivity contribution in [3.63, 3.8) is 0 Å². The van der Waals surface area contributed by atoms with Crippen LogP contribution in [-0.2, 0) is 4.74 Å². The minimum atomic E-state index is -0.507. The number of ether oxygens (including phenoxy) is 1. The molecule has 4 atom stereocenters. The van der Waals surface area contributed by atoms with E-state index in [4.69, 9.17) is 10.5 Å². The zero-order valence-corrected chi connectivity index (χ0v) is 10.8. The molecule has 3 N–H and O–H groups in total. The van der Waals surface area contributed by atoms with Gasteiger partial charge in [-0.15, -0.1) is 0 Å². The van der Waals surface area contributed by atoms with Gasteiger partial charge in [-0.1, -0.05) is 11.3 Å². The molecule has 0 bridgehead atoms. The van der Waals surface area contributed by atoms with Crippen LogP contribution in [0.15, 0.2) is 12.1 Å². The van der Waals surface area contributed by atoms with E-state index in [1.54, 1.807) is 0 Å². The number of nitrogens with one attached hydrogen (secondary N) is 1. The highest BCUT2D eigenvalue weighted by atomic mass is 32.1. The molecule has 8 heteroatoms. The molecular weight excluding hydrogens is 270 g/mol. The highest BCUT2D eigenvalue weighted by molar-refractivity contribution is 7.17. The average Bonchev–Trinajstić information content (AvgIpc) is 3.02. The average molecular weight is 283 g/mol. The zero-order chi connectivity index (χ0) is 13.6. The maximum Gasteiger partial charge on any atom is 0.324 e. The minimum Gasteiger partial charge on any atom is -0.376 e. The zero-order valence-electron chi connectivity index (χ0n) is 9.94. The van der Waals surface area contributed by atoms with Gasteiger partial charge in [0.2, 0.25) is 0 Å². The Labute approximate surface area is 112 Å². The maximum absolute atomic E-state index is 12.0. The number of nitro groups is 1. The van der Waals surface area contributed by atoms with Gasteiger partial charge in [0, 0.05) is 24.6 Å². The molecule has 3 rings (SSSR count). The van der Waals surface area contributed by atoms with E-state index in [9.17, 15) is 14.9 Å². The summed E-state index contributed by atoms with van der Waals surface area (Å²) in [5.41, 5.74) is 5.99. The van der Waals surface area contributed by atoms with E-state index >= 15 is 0 Å². The van der Waals surface area contributed by atoms with E-state index in [0.717, 1.165) is 17.8 Å². The van der Waals surface area contributed by atoms with Crippen molar-refractivity contribution in [2.75, 3.05) is 6.61 Å². The summed E-state index contributed by atoms with van der Waals surface area (Å²) in [7, 11) is 0. The van der Waals surface area contributed by atoms with Gasteiger partial charge in [-0.2, -0.15) is 0 Å². The number of carbonyl (C=O) groups is 1. The summed E-state index contributed by atoms with van der Waals surface area (Å²) in [6, 6.07) is 2.50. The molecule has 1 aromatic rings. The second-order valence-electron chi connectivity index (χ2n) is 4.76. The third-order valence-corrected chi connectivity index (χ3v) is 4.78. The van der Waals surface area contributed by atoms with Gasteiger partial charge in [0.1, 0.15) is 0 Å². The SMILES string of the molecule is NC1C2CCOC2C1NC(=O)c1ccc([N+](=O)[O-])s1. The quantitative estimate of drug-likeness (QED) is 0.620. The first kappa shape index (κ1) is 12.5. The molecule has 0 aromatic carbocycles. The maximum atomic E-state index is 12.0. The van der Waals surface area contributed by atoms with Gasteiger partial charge < -0.3 is 15.8 Å². The number of thiophene rings is 1. The third kappa shape index (κ3) is 2.01. The Morgan fingerprint density at radius 3 is 3.05 bits per heavy atom. The number of carbonyl (C=O) groups excluding carboxylic acids is 1. The van der Waals surface area contributed by atoms with Gasteiger partial charge in [0.15, 0.2) is 0 Å². The normalized spacial score (nSPS) is 32.5. The van der Waals surface area contributed by atoms with Crippen molar-refractivity contribution < 1.29 is 14.5 Å². The lowest BCUT2D eigenvalue weighted by molar-refractivity contribution is -0.380. The molecule has 1 aliphatic heterocycles. The van der Waals surface area contributed by atoms with Gasteiger partial charge in [0.25, 0.3) is 5.91 Å². The number of nitrogens with zero attached hydrogens (tertiary/aromatic N) is 1. The molecule has 0 spiro atoms. The fourth-order valence-electron chi connectivity index (χ4n) is 2.70. The number of fused-ring (bicyclic) bond motifs is 1. The fraction of sp³-hybridized carbons (Fsp3) is 0.545. The Morgan fingerprint density at radius 2 is 2.37 bits per heavy atom. The van der Waals surface area contributed by atoms with Crippen LogP contribution in [-0.4, -0.2) is 35.6 Å². The van der Waals surface area contributed by atoms with Crippen LogP contribution in [0.1, 0.15) is 16.1 Å². The Bertz CT molecular complexity index is 532. The molecule has 7 nitrogen and oxygen atoms in total. The second-order valence-corrected chi connectivity index (χ2v) is 5.82. The van der Waals surface area contributed by atoms with Crippen LogP contribution >= 0.6 is 11.3 Å². The fourth-order valence-corrected chi connectivity index (χ4v) is 3.42. The van der Waals surface area contributed by atoms with Crippen molar-refractivity contribution in [3.05, 3.63) is 27.1 Å². The molecule has 1 aliphatic carbocycles. The van der Waals surface area contributed by atoms with Gasteiger partial charge in [-0.3, -0.25) is 14.9 Å². The molecule has 19 heavy (non-hydrogen) atoms. The molecule has 1 saturated carbocycles. The van der Waals surface area contributed by atoms with E-state index in [1.165, 1.54) is 12.1 Å². The molecule has 4 unspecified atom stereocenters. The number of amides is 1. The van der Waals surface area contributed by atoms with E-state index in [2.05, 4.69) is 5.32 Å². The van der Waals surface area contributed by atoms with Crippen LogP contribution in [0, 0.1) is 16.0 Å². The Morgan fingerprint density at radius 1 is 1.58 bits per heavy atom. The van der Waals surface area contributed by atoms with E-state index in [0.29, 0.717) is 17.4 Å². The molecule has 2 aliphatic rings. The van der Waals surface area contributed by atoms with Crippen LogP contribution in [0.5, 0.6) is 0 Å². The highest BCUT2D eigenvalue weighted by Crippen LogP contribution is 2.38. The monoisotopic (exact) mass is 283 g/mol. The molecule has 1 saturated heterocycles. The molecule has 2 heterocycles. The van der Waals surface area contributed by atoms with E-state index < -0.39 is 4.92 Å². The summed E-state index contributed by atoms with van der Waals surface area (Å²) in [6.45, 7) is 0.680. The highest BCUT2D eigenvalue weighted by Gasteiger charge is 2.52. The van der Waals surface area contributed by atoms with Crippen LogP contribution in [0.4, 0.5) is 5.00 Å². The lowest BCUT2D eigenvalue weighted by Crippen LogP contribution is -2.68. The van der Waals surface area contributed by atoms with Crippen molar-refractivity contribution in [1.29, 1.82) is 0 Å². The van der Waals surface area contributed by atoms with Gasteiger partial charge in [-0.25, -0.2) is 0 Å². The number of rotatable bonds is 3. The minimum absolute atomic E-state index is 0.00565. The van der Waals surface area contributed by atoms with Gasteiger partial charge in [-0.05, 0) is 12.5 Å². The Balaban J connectivity index is 1.66. The number of hydrogen-bond acceptors (Lipinski definition) is 6. The molecule has 2 fully saturated rings. The smallest absolute Gasteiger partial charge is 0.324 e. The van der Waals surface area contributed by atoms with Crippen LogP contribution in [0.25, 0.3) is 0 Å². The van der Waals surface area contributed by atoms with Crippen molar-refractivity contribution in [2.24, 2.45) is 11.7 Å². The van der Waals surface area contributed by atoms with E-state index in [-0.39, 0.29) is 29.1 Å². The van der Waals surface area contributed by atoms with Crippen molar-refractivity contribution in [1.82, 2.24) is 5.32 Å². The second kappa shape index (κ2) is 4.55. The lowest BCUT2D eigenvalue weighted by Gasteiger charge is -2.45. The van der Waals surface area contributed by atoms with Crippen LogP contribution in [0.3, 0.4) is 0 Å². The summed E-state index contributed by atoms with van der Waals surface area (Å²) >= 11 is 0.859. The van der Waals surface area contributed by atoms with E-state index in [1.807, 2.05) is 0 Å². The largest absolute Gasteiger partial charge is 0.376 e. The van der Waals surface area contributed by atoms with Gasteiger partial charge in [0.05, 0.1) is 21.9 Å². The summed E-state index contributed by atoms with van der Waals surface area (Å²) < 4.78 is 5.52. The van der Waals surface area contributed by atoms with Gasteiger partial charge >= 0.3 is 5.00 Å². The topological polar surface area (TPSA) is 107 Å². The predicted molar refractivity (Wildman–Crippen MR) is 68.1 cm³/mol. The van der Waals surface area contributed by atoms with Crippen molar-refractivity contribution in [3.8, 4) is 0 Å².